The van der Waals surface area contributed by atoms with Crippen LogP contribution < -0.4 is 15.6 Å². The van der Waals surface area contributed by atoms with Crippen LogP contribution in [-0.4, -0.2) is 118 Å². The molecule has 0 saturated carbocycles. The zero-order valence-electron chi connectivity index (χ0n) is 88.0. The van der Waals surface area contributed by atoms with E-state index in [9.17, 15) is 0 Å². The first-order valence-corrected chi connectivity index (χ1v) is 95.0. The summed E-state index contributed by atoms with van der Waals surface area (Å²) in [5, 5.41) is 11.8. The standard InChI is InChI=1S/C30H44NOSi4.C27H38NOSi4.C26H36NOSi4.3C11H8N.3Ir/c1-22(2)18-24-19-27(23-16-17-26-25-14-12-13-15-28(25)32-29(26)20-23)31-21-30(24)36(33(3,4)5,34(6,7)8)35(9,10)11;1-20-18-24(23-16-13-15-22-21-14-11-12-17-25(21)29-27(22)23)28-19-26(20)33(30(2,3)4,31(5,6)7)32(8,9)10;1-29(2,3)32(30(4,5)6,31(7,8)9)20-17-18-24(27-19-20)23-15-12-14-22-21-13-10-11-16-25(21)28-26(22)23;3*1-2-6-10(7-3-1)11-8-4-5-9-12-11;;;/h12-15,17,19-22H,18H2,1-11H3;11-15,17-19H,1-10H3;10-14,16-19H,1-9H3;3*1-6,8-9H;;;/q6*-1;;;. The Balaban J connectivity index is 0.000000182. The molecule has 0 N–H and O–H groups in total. The number of benzene rings is 9. The van der Waals surface area contributed by atoms with Gasteiger partial charge in [0.1, 0.15) is 16.7 Å². The quantitative estimate of drug-likeness (QED) is 0.0543. The van der Waals surface area contributed by atoms with Crippen LogP contribution in [0.5, 0.6) is 0 Å². The van der Waals surface area contributed by atoms with Crippen molar-refractivity contribution in [1.82, 2.24) is 29.9 Å². The Morgan fingerprint density at radius 2 is 0.614 bits per heavy atom. The van der Waals surface area contributed by atoms with Crippen molar-refractivity contribution in [3.05, 3.63) is 346 Å². The van der Waals surface area contributed by atoms with E-state index in [4.69, 9.17) is 28.2 Å². The average Bonchev–Trinajstić information content (AvgIpc) is 0.842. The van der Waals surface area contributed by atoms with Crippen LogP contribution in [0.25, 0.3) is 133 Å². The molecule has 0 atom stereocenters. The van der Waals surface area contributed by atoms with Crippen molar-refractivity contribution < 1.29 is 73.6 Å². The molecule has 0 unspecified atom stereocenters. The first-order valence-electron chi connectivity index (χ1n) is 48.5. The molecule has 0 aliphatic carbocycles. The number of aromatic nitrogens is 6. The summed E-state index contributed by atoms with van der Waals surface area (Å²) in [5.74, 6) is 0.609. The Morgan fingerprint density at radius 1 is 0.264 bits per heavy atom. The summed E-state index contributed by atoms with van der Waals surface area (Å²) >= 11 is 0. The molecule has 0 aliphatic rings. The van der Waals surface area contributed by atoms with Gasteiger partial charge in [-0.1, -0.05) is 356 Å². The second kappa shape index (κ2) is 46.1. The third kappa shape index (κ3) is 23.8. The molecule has 18 aromatic rings. The maximum absolute atomic E-state index is 6.30. The van der Waals surface area contributed by atoms with Crippen molar-refractivity contribution in [2.75, 3.05) is 0 Å². The summed E-state index contributed by atoms with van der Waals surface area (Å²) in [6, 6.07) is 107. The molecule has 24 heteroatoms. The average molecular weight is 2580 g/mol. The van der Waals surface area contributed by atoms with E-state index in [0.29, 0.717) is 5.92 Å². The normalized spacial score (nSPS) is 12.4. The topological polar surface area (TPSA) is 117 Å². The fraction of sp³-hybridized carbons (Fsp3) is 0.276. The Kier molecular flexibility index (Phi) is 37.4. The molecule has 9 heterocycles. The van der Waals surface area contributed by atoms with Gasteiger partial charge >= 0.3 is 0 Å². The van der Waals surface area contributed by atoms with E-state index in [1.165, 1.54) is 5.56 Å². The van der Waals surface area contributed by atoms with Crippen LogP contribution in [0.4, 0.5) is 0 Å². The van der Waals surface area contributed by atoms with Gasteiger partial charge in [-0.15, -0.1) is 162 Å². The van der Waals surface area contributed by atoms with Crippen molar-refractivity contribution in [3.8, 4) is 67.5 Å². The zero-order valence-corrected chi connectivity index (χ0v) is 107. The van der Waals surface area contributed by atoms with Gasteiger partial charge in [0, 0.05) is 177 Å². The summed E-state index contributed by atoms with van der Waals surface area (Å²) in [5.41, 5.74) is 20.4. The minimum atomic E-state index is -1.75. The number of fused-ring (bicyclic) bond motifs is 9. The largest absolute Gasteiger partial charge is 0.501 e. The number of para-hydroxylation sites is 3. The molecule has 735 valence electrons. The molecular weight excluding hydrogens is 2440 g/mol. The number of furan rings is 3. The van der Waals surface area contributed by atoms with Gasteiger partial charge in [-0.05, 0) is 106 Å². The second-order valence-electron chi connectivity index (χ2n) is 46.2. The monoisotopic (exact) mass is 2580 g/mol. The molecule has 0 fully saturated rings. The molecular formula is C116H142Ir3N6O3Si12-6. The number of aryl methyl sites for hydroxylation is 1. The fourth-order valence-electron chi connectivity index (χ4n) is 26.1. The van der Waals surface area contributed by atoms with E-state index >= 15 is 0 Å². The van der Waals surface area contributed by atoms with E-state index in [1.54, 1.807) is 39.7 Å². The van der Waals surface area contributed by atoms with Gasteiger partial charge < -0.3 is 43.2 Å². The fourth-order valence-corrected chi connectivity index (χ4v) is 327. The van der Waals surface area contributed by atoms with E-state index in [0.717, 1.165) is 140 Å². The smallest absolute Gasteiger partial charge is 0.123 e. The van der Waals surface area contributed by atoms with Gasteiger partial charge in [-0.25, -0.2) is 0 Å². The molecule has 0 bridgehead atoms. The molecule has 0 aliphatic heterocycles. The Morgan fingerprint density at radius 3 is 0.971 bits per heavy atom. The van der Waals surface area contributed by atoms with E-state index in [2.05, 4.69) is 352 Å². The van der Waals surface area contributed by atoms with Gasteiger partial charge in [0.2, 0.25) is 0 Å². The van der Waals surface area contributed by atoms with Gasteiger partial charge in [-0.3, -0.25) is 0 Å². The van der Waals surface area contributed by atoms with Crippen LogP contribution >= 0.6 is 0 Å². The van der Waals surface area contributed by atoms with Crippen LogP contribution in [0.15, 0.2) is 311 Å². The minimum Gasteiger partial charge on any atom is -0.501 e. The van der Waals surface area contributed by atoms with Crippen LogP contribution in [0.2, 0.25) is 177 Å². The Labute approximate surface area is 887 Å². The third-order valence-electron chi connectivity index (χ3n) is 27.6. The predicted molar refractivity (Wildman–Crippen MR) is 622 cm³/mol. The Bertz CT molecular complexity index is 6720. The molecule has 9 aromatic carbocycles. The van der Waals surface area contributed by atoms with Crippen molar-refractivity contribution in [3.63, 3.8) is 0 Å². The summed E-state index contributed by atoms with van der Waals surface area (Å²) in [6.45, 7) is 73.5. The van der Waals surface area contributed by atoms with Gasteiger partial charge in [-0.2, -0.15) is 0 Å². The van der Waals surface area contributed by atoms with Crippen molar-refractivity contribution in [2.45, 2.75) is 204 Å². The van der Waals surface area contributed by atoms with Gasteiger partial charge in [0.25, 0.3) is 0 Å². The first-order chi connectivity index (χ1) is 64.5. The number of hydrogen-bond acceptors (Lipinski definition) is 9. The SMILES string of the molecule is CC(C)Cc1cc(-c2[c-]cc3c(c2)oc2ccccc23)ncc1[Si]([Si](C)(C)C)([Si](C)(C)C)[Si](C)(C)C.C[Si](C)(C)[Si](c1ccc(-c2[c-]ccc3c2oc2ccccc23)nc1)([Si](C)(C)C)[Si](C)(C)C.Cc1cc(-c2[c-]ccc3c2oc2ccccc23)ncc1[Si]([Si](C)(C)C)([Si](C)(C)C)[Si](C)(C)C.[Ir].[Ir].[Ir].[c-]1ccccc1-c1ccccn1.[c-]1ccccc1-c1ccccn1.[c-]1ccccc1-c1ccccn1. The molecule has 0 amide bonds. The number of pyridine rings is 6. The zero-order chi connectivity index (χ0) is 99.3. The van der Waals surface area contributed by atoms with Crippen LogP contribution in [0.3, 0.4) is 0 Å². The molecule has 9 nitrogen and oxygen atoms in total. The summed E-state index contributed by atoms with van der Waals surface area (Å²) < 4.78 is 18.7. The van der Waals surface area contributed by atoms with E-state index in [1.807, 2.05) is 176 Å². The van der Waals surface area contributed by atoms with E-state index < -0.39 is 88.2 Å². The third-order valence-corrected chi connectivity index (χ3v) is 241. The van der Waals surface area contributed by atoms with E-state index in [-0.39, 0.29) is 60.3 Å². The summed E-state index contributed by atoms with van der Waals surface area (Å²) in [4.78, 5) is 28.1. The minimum absolute atomic E-state index is 0. The first kappa shape index (κ1) is 114. The maximum atomic E-state index is 6.30. The molecule has 9 aromatic heterocycles. The molecule has 0 saturated heterocycles. The maximum Gasteiger partial charge on any atom is 0.123 e. The number of rotatable bonds is 20. The van der Waals surface area contributed by atoms with Gasteiger partial charge in [0.05, 0.1) is 36.6 Å². The predicted octanol–water partition coefficient (Wildman–Crippen LogP) is 31.2. The van der Waals surface area contributed by atoms with Crippen molar-refractivity contribution >= 4 is 170 Å². The molecule has 140 heavy (non-hydrogen) atoms. The van der Waals surface area contributed by atoms with Crippen LogP contribution in [0.1, 0.15) is 25.0 Å². The second-order valence-corrected chi connectivity index (χ2v) is 167. The number of nitrogens with zero attached hydrogens (tertiary/aromatic N) is 6. The van der Waals surface area contributed by atoms with Crippen LogP contribution in [0, 0.1) is 49.2 Å². The van der Waals surface area contributed by atoms with Crippen molar-refractivity contribution in [2.24, 2.45) is 5.92 Å². The Hall–Kier alpha value is -8.17. The summed E-state index contributed by atoms with van der Waals surface area (Å²) in [7, 11) is -13.0. The molecule has 18 rings (SSSR count). The number of hydrogen-bond donors (Lipinski definition) is 0. The molecule has 3 radical (unpaired) electrons. The molecule has 0 spiro atoms. The van der Waals surface area contributed by atoms with Crippen LogP contribution in [-0.2, 0) is 66.7 Å². The van der Waals surface area contributed by atoms with Gasteiger partial charge in [0.15, 0.2) is 0 Å². The van der Waals surface area contributed by atoms with Crippen molar-refractivity contribution in [1.29, 1.82) is 0 Å². The summed E-state index contributed by atoms with van der Waals surface area (Å²) in [6.07, 6.45) is 13.4.